The number of carbonyl (C=O) groups is 1. The Bertz CT molecular complexity index is 1170. The maximum absolute atomic E-state index is 13.7. The van der Waals surface area contributed by atoms with Gasteiger partial charge in [-0.2, -0.15) is 0 Å². The number of piperazine rings is 1. The second-order valence-corrected chi connectivity index (χ2v) is 10.3. The number of anilines is 1. The molecule has 0 radical (unpaired) electrons. The molecular formula is C33H48N6O2. The van der Waals surface area contributed by atoms with E-state index in [1.165, 1.54) is 0 Å². The zero-order valence-corrected chi connectivity index (χ0v) is 25.5. The van der Waals surface area contributed by atoms with Crippen LogP contribution in [-0.4, -0.2) is 86.7 Å². The van der Waals surface area contributed by atoms with Gasteiger partial charge in [0.15, 0.2) is 0 Å². The Morgan fingerprint density at radius 2 is 1.80 bits per heavy atom. The zero-order chi connectivity index (χ0) is 29.5. The highest BCUT2D eigenvalue weighted by atomic mass is 16.5. The lowest BCUT2D eigenvalue weighted by molar-refractivity contribution is -0.124. The molecule has 1 aliphatic rings. The average Bonchev–Trinajstić information content (AvgIpc) is 2.98. The minimum absolute atomic E-state index is 0.0522. The van der Waals surface area contributed by atoms with Crippen LogP contribution in [0.25, 0.3) is 5.57 Å². The van der Waals surface area contributed by atoms with E-state index in [0.717, 1.165) is 79.4 Å². The summed E-state index contributed by atoms with van der Waals surface area (Å²) in [5, 5.41) is 6.37. The first-order valence-corrected chi connectivity index (χ1v) is 14.9. The molecule has 8 nitrogen and oxygen atoms in total. The smallest absolute Gasteiger partial charge is 0.244 e. The van der Waals surface area contributed by atoms with Crippen LogP contribution in [-0.2, 0) is 16.1 Å². The van der Waals surface area contributed by atoms with Crippen molar-refractivity contribution >= 4 is 28.7 Å². The maximum atomic E-state index is 13.7. The van der Waals surface area contributed by atoms with Crippen molar-refractivity contribution in [1.29, 1.82) is 0 Å². The summed E-state index contributed by atoms with van der Waals surface area (Å²) < 4.78 is 6.08. The van der Waals surface area contributed by atoms with Crippen LogP contribution < -0.4 is 10.6 Å². The van der Waals surface area contributed by atoms with Gasteiger partial charge in [-0.3, -0.25) is 14.7 Å². The zero-order valence-electron chi connectivity index (χ0n) is 25.5. The predicted octanol–water partition coefficient (Wildman–Crippen LogP) is 5.09. The van der Waals surface area contributed by atoms with Crippen molar-refractivity contribution in [3.63, 3.8) is 0 Å². The topological polar surface area (TPSA) is 81.6 Å². The number of allylic oxidation sites excluding steroid dienone is 1. The van der Waals surface area contributed by atoms with Gasteiger partial charge >= 0.3 is 0 Å². The number of nitrogens with one attached hydrogen (secondary N) is 2. The molecule has 2 aromatic rings. The van der Waals surface area contributed by atoms with Crippen LogP contribution in [0.4, 0.5) is 5.69 Å². The number of ether oxygens (including phenoxy) is 1. The van der Waals surface area contributed by atoms with E-state index in [4.69, 9.17) is 9.73 Å². The summed E-state index contributed by atoms with van der Waals surface area (Å²) in [7, 11) is 4.01. The molecule has 0 saturated carbocycles. The Hall–Kier alpha value is -3.33. The summed E-state index contributed by atoms with van der Waals surface area (Å²) in [5.74, 6) is 0.826. The van der Waals surface area contributed by atoms with Crippen LogP contribution in [0.15, 0.2) is 70.8 Å². The van der Waals surface area contributed by atoms with E-state index in [0.29, 0.717) is 19.8 Å². The molecule has 222 valence electrons. The summed E-state index contributed by atoms with van der Waals surface area (Å²) in [6.45, 7) is 11.3. The quantitative estimate of drug-likeness (QED) is 0.249. The molecule has 2 aromatic carbocycles. The first-order valence-electron chi connectivity index (χ1n) is 14.9. The highest BCUT2D eigenvalue weighted by molar-refractivity contribution is 6.26. The van der Waals surface area contributed by atoms with Gasteiger partial charge < -0.3 is 20.3 Å². The van der Waals surface area contributed by atoms with E-state index >= 15 is 0 Å². The number of benzene rings is 2. The molecule has 8 heteroatoms. The van der Waals surface area contributed by atoms with Crippen LogP contribution in [0.3, 0.4) is 0 Å². The number of rotatable bonds is 14. The van der Waals surface area contributed by atoms with Gasteiger partial charge in [0.05, 0.1) is 18.9 Å². The summed E-state index contributed by atoms with van der Waals surface area (Å²) in [6.07, 6.45) is 4.58. The van der Waals surface area contributed by atoms with E-state index < -0.39 is 0 Å². The molecular weight excluding hydrogens is 512 g/mol. The van der Waals surface area contributed by atoms with Crippen molar-refractivity contribution in [3.05, 3.63) is 71.9 Å². The molecule has 1 heterocycles. The molecule has 0 aliphatic carbocycles. The molecule has 1 unspecified atom stereocenters. The van der Waals surface area contributed by atoms with Gasteiger partial charge in [-0.15, -0.1) is 0 Å². The minimum Gasteiger partial charge on any atom is -0.393 e. The summed E-state index contributed by atoms with van der Waals surface area (Å²) in [6, 6.07) is 17.7. The lowest BCUT2D eigenvalue weighted by atomic mass is 9.99. The van der Waals surface area contributed by atoms with Crippen LogP contribution in [0.5, 0.6) is 0 Å². The normalized spacial score (nSPS) is 16.5. The average molecular weight is 561 g/mol. The summed E-state index contributed by atoms with van der Waals surface area (Å²) in [5.41, 5.74) is 4.80. The molecule has 1 aliphatic heterocycles. The summed E-state index contributed by atoms with van der Waals surface area (Å²) >= 11 is 0. The van der Waals surface area contributed by atoms with Gasteiger partial charge in [0.2, 0.25) is 5.91 Å². The molecule has 0 spiro atoms. The van der Waals surface area contributed by atoms with E-state index in [1.807, 2.05) is 68.7 Å². The predicted molar refractivity (Wildman–Crippen MR) is 172 cm³/mol. The monoisotopic (exact) mass is 560 g/mol. The third-order valence-corrected chi connectivity index (χ3v) is 7.12. The second kappa shape index (κ2) is 17.5. The van der Waals surface area contributed by atoms with Gasteiger partial charge in [0.1, 0.15) is 11.9 Å². The molecule has 1 amide bonds. The van der Waals surface area contributed by atoms with Crippen molar-refractivity contribution in [3.8, 4) is 0 Å². The lowest BCUT2D eigenvalue weighted by Crippen LogP contribution is -2.54. The van der Waals surface area contributed by atoms with E-state index in [9.17, 15) is 4.79 Å². The fraction of sp³-hybridized carbons (Fsp3) is 0.485. The Morgan fingerprint density at radius 3 is 2.46 bits per heavy atom. The Balaban J connectivity index is 1.80. The van der Waals surface area contributed by atoms with Gasteiger partial charge in [-0.05, 0) is 50.1 Å². The van der Waals surface area contributed by atoms with Crippen molar-refractivity contribution in [2.75, 3.05) is 58.7 Å². The SMILES string of the molecule is CCCC(=N/CC)/N=C(CC)/C(=C/NC)c1cccc(NC(=O)C(COCc2ccccc2)N2CCN(C)CC2)c1. The number of hydrogen-bond acceptors (Lipinski definition) is 6. The first kappa shape index (κ1) is 32.2. The van der Waals surface area contributed by atoms with Crippen LogP contribution in [0.1, 0.15) is 51.2 Å². The number of nitrogens with zero attached hydrogens (tertiary/aromatic N) is 4. The lowest BCUT2D eigenvalue weighted by Gasteiger charge is -2.37. The molecule has 1 atom stereocenters. The summed E-state index contributed by atoms with van der Waals surface area (Å²) in [4.78, 5) is 27.8. The fourth-order valence-electron chi connectivity index (χ4n) is 4.87. The number of aliphatic imine (C=N–C) groups is 2. The Kier molecular flexibility index (Phi) is 13.7. The molecule has 2 N–H and O–H groups in total. The van der Waals surface area contributed by atoms with Gasteiger partial charge in [-0.25, -0.2) is 4.99 Å². The number of likely N-dealkylation sites (N-methyl/N-ethyl adjacent to an activating group) is 1. The van der Waals surface area contributed by atoms with Crippen LogP contribution in [0.2, 0.25) is 0 Å². The van der Waals surface area contributed by atoms with Gasteiger partial charge in [-0.1, -0.05) is 56.3 Å². The largest absolute Gasteiger partial charge is 0.393 e. The van der Waals surface area contributed by atoms with E-state index in [2.05, 4.69) is 52.4 Å². The van der Waals surface area contributed by atoms with Gasteiger partial charge in [0.25, 0.3) is 0 Å². The van der Waals surface area contributed by atoms with Crippen molar-refractivity contribution in [2.24, 2.45) is 9.98 Å². The maximum Gasteiger partial charge on any atom is 0.244 e. The number of amidine groups is 1. The van der Waals surface area contributed by atoms with Gasteiger partial charge in [0, 0.05) is 63.7 Å². The molecule has 1 saturated heterocycles. The standard InChI is InChI=1S/C33H48N6O2/c1-6-13-32(35-8-3)37-30(7-2)29(23-34-4)27-16-12-17-28(22-27)36-33(40)31(39-20-18-38(5)19-21-39)25-41-24-26-14-10-9-11-15-26/h9-12,14-17,22-23,31,34H,6-8,13,18-21,24-25H2,1-5H3,(H,36,40)/b29-23+,35-32-,37-30+. The molecule has 0 bridgehead atoms. The third-order valence-electron chi connectivity index (χ3n) is 7.12. The molecule has 1 fully saturated rings. The van der Waals surface area contributed by atoms with Crippen LogP contribution >= 0.6 is 0 Å². The minimum atomic E-state index is -0.377. The van der Waals surface area contributed by atoms with E-state index in [1.54, 1.807) is 0 Å². The van der Waals surface area contributed by atoms with Crippen LogP contribution in [0, 0.1) is 0 Å². The molecule has 41 heavy (non-hydrogen) atoms. The molecule has 3 rings (SSSR count). The van der Waals surface area contributed by atoms with Crippen molar-refractivity contribution in [1.82, 2.24) is 15.1 Å². The fourth-order valence-corrected chi connectivity index (χ4v) is 4.87. The third kappa shape index (κ3) is 10.2. The number of carbonyl (C=O) groups excluding carboxylic acids is 1. The Labute approximate surface area is 246 Å². The highest BCUT2D eigenvalue weighted by Crippen LogP contribution is 2.23. The first-order chi connectivity index (χ1) is 20.0. The number of amides is 1. The Morgan fingerprint density at radius 1 is 1.05 bits per heavy atom. The second-order valence-electron chi connectivity index (χ2n) is 10.3. The number of hydrogen-bond donors (Lipinski definition) is 2. The van der Waals surface area contributed by atoms with Crippen molar-refractivity contribution < 1.29 is 9.53 Å². The molecule has 0 aromatic heterocycles. The van der Waals surface area contributed by atoms with Crippen molar-refractivity contribution in [2.45, 2.75) is 52.7 Å². The highest BCUT2D eigenvalue weighted by Gasteiger charge is 2.29. The van der Waals surface area contributed by atoms with E-state index in [-0.39, 0.29) is 11.9 Å².